The molecule has 1 aliphatic heterocycles. The van der Waals surface area contributed by atoms with Crippen LogP contribution < -0.4 is 5.32 Å². The Bertz CT molecular complexity index is 498. The molecule has 20 heavy (non-hydrogen) atoms. The fraction of sp³-hybridized carbons (Fsp3) is 0.643. The van der Waals surface area contributed by atoms with E-state index < -0.39 is 11.6 Å². The molecule has 1 N–H and O–H groups in total. The average molecular weight is 279 g/mol. The lowest BCUT2D eigenvalue weighted by Crippen LogP contribution is -2.69. The van der Waals surface area contributed by atoms with Crippen molar-refractivity contribution in [2.75, 3.05) is 0 Å². The number of nitrogens with one attached hydrogen (secondary N) is 1. The zero-order valence-corrected chi connectivity index (χ0v) is 12.3. The van der Waals surface area contributed by atoms with E-state index in [0.717, 1.165) is 0 Å². The van der Waals surface area contributed by atoms with Gasteiger partial charge in [0.25, 0.3) is 0 Å². The molecule has 1 aromatic rings. The van der Waals surface area contributed by atoms with Gasteiger partial charge in [-0.2, -0.15) is 0 Å². The molecule has 1 fully saturated rings. The number of aromatic nitrogens is 1. The van der Waals surface area contributed by atoms with Crippen molar-refractivity contribution < 1.29 is 14.1 Å². The fourth-order valence-electron chi connectivity index (χ4n) is 2.55. The highest BCUT2D eigenvalue weighted by atomic mass is 16.5. The van der Waals surface area contributed by atoms with Crippen LogP contribution in [-0.2, 0) is 16.1 Å². The van der Waals surface area contributed by atoms with E-state index in [0.29, 0.717) is 12.2 Å². The van der Waals surface area contributed by atoms with Crippen LogP contribution >= 0.6 is 0 Å². The average Bonchev–Trinajstić information content (AvgIpc) is 2.88. The minimum absolute atomic E-state index is 0.0308. The summed E-state index contributed by atoms with van der Waals surface area (Å²) in [5.41, 5.74) is -0.845. The Morgan fingerprint density at radius 3 is 2.70 bits per heavy atom. The maximum Gasteiger partial charge on any atom is 0.249 e. The highest BCUT2D eigenvalue weighted by molar-refractivity contribution is 5.99. The van der Waals surface area contributed by atoms with Crippen LogP contribution in [0.2, 0.25) is 0 Å². The summed E-state index contributed by atoms with van der Waals surface area (Å²) < 4.78 is 5.07. The molecule has 0 spiro atoms. The van der Waals surface area contributed by atoms with Crippen molar-refractivity contribution in [1.82, 2.24) is 15.4 Å². The SMILES string of the molecule is CCC1(C)NC(=O)C(C(C)C)N(Cc2ccno2)C1=O. The first-order valence-corrected chi connectivity index (χ1v) is 6.91. The maximum atomic E-state index is 12.7. The first-order chi connectivity index (χ1) is 9.39. The Balaban J connectivity index is 2.34. The van der Waals surface area contributed by atoms with E-state index in [1.165, 1.54) is 6.20 Å². The van der Waals surface area contributed by atoms with Crippen LogP contribution in [0.3, 0.4) is 0 Å². The first kappa shape index (κ1) is 14.6. The van der Waals surface area contributed by atoms with Crippen LogP contribution in [0.1, 0.15) is 39.9 Å². The number of carbonyl (C=O) groups is 2. The van der Waals surface area contributed by atoms with Crippen molar-refractivity contribution in [2.24, 2.45) is 5.92 Å². The van der Waals surface area contributed by atoms with Gasteiger partial charge in [-0.05, 0) is 19.3 Å². The van der Waals surface area contributed by atoms with Crippen molar-refractivity contribution in [2.45, 2.75) is 52.2 Å². The Morgan fingerprint density at radius 2 is 2.20 bits per heavy atom. The number of amides is 2. The van der Waals surface area contributed by atoms with Gasteiger partial charge in [-0.3, -0.25) is 9.59 Å². The largest absolute Gasteiger partial charge is 0.360 e. The third-order valence-electron chi connectivity index (χ3n) is 3.89. The molecule has 2 rings (SSSR count). The second-order valence-electron chi connectivity index (χ2n) is 5.78. The molecule has 6 nitrogen and oxygen atoms in total. The van der Waals surface area contributed by atoms with E-state index in [2.05, 4.69) is 10.5 Å². The highest BCUT2D eigenvalue weighted by Crippen LogP contribution is 2.26. The van der Waals surface area contributed by atoms with Gasteiger partial charge < -0.3 is 14.7 Å². The minimum Gasteiger partial charge on any atom is -0.360 e. The standard InChI is InChI=1S/C14H21N3O3/c1-5-14(4)13(19)17(8-10-6-7-15-20-10)11(9(2)3)12(18)16-14/h6-7,9,11H,5,8H2,1-4H3,(H,16,18). The van der Waals surface area contributed by atoms with Gasteiger partial charge in [-0.15, -0.1) is 0 Å². The maximum absolute atomic E-state index is 12.7. The zero-order chi connectivity index (χ0) is 14.9. The van der Waals surface area contributed by atoms with Crippen LogP contribution in [0, 0.1) is 5.92 Å². The summed E-state index contributed by atoms with van der Waals surface area (Å²) in [5, 5.41) is 6.50. The smallest absolute Gasteiger partial charge is 0.249 e. The summed E-state index contributed by atoms with van der Waals surface area (Å²) in [4.78, 5) is 26.7. The van der Waals surface area contributed by atoms with E-state index in [4.69, 9.17) is 4.52 Å². The molecule has 110 valence electrons. The number of hydrogen-bond acceptors (Lipinski definition) is 4. The predicted octanol–water partition coefficient (Wildman–Crippen LogP) is 1.33. The van der Waals surface area contributed by atoms with E-state index >= 15 is 0 Å². The van der Waals surface area contributed by atoms with Crippen molar-refractivity contribution >= 4 is 11.8 Å². The molecule has 6 heteroatoms. The summed E-state index contributed by atoms with van der Waals surface area (Å²) in [5.74, 6) is 0.429. The molecule has 2 atom stereocenters. The summed E-state index contributed by atoms with van der Waals surface area (Å²) in [6, 6.07) is 1.23. The molecule has 2 heterocycles. The molecular weight excluding hydrogens is 258 g/mol. The Hall–Kier alpha value is -1.85. The van der Waals surface area contributed by atoms with Gasteiger partial charge in [0.2, 0.25) is 11.8 Å². The van der Waals surface area contributed by atoms with Gasteiger partial charge in [0, 0.05) is 6.07 Å². The molecular formula is C14H21N3O3. The molecule has 1 saturated heterocycles. The third kappa shape index (κ3) is 2.42. The Labute approximate surface area is 118 Å². The summed E-state index contributed by atoms with van der Waals surface area (Å²) >= 11 is 0. The third-order valence-corrected chi connectivity index (χ3v) is 3.89. The summed E-state index contributed by atoms with van der Waals surface area (Å²) in [6.45, 7) is 7.78. The van der Waals surface area contributed by atoms with Gasteiger partial charge in [0.15, 0.2) is 5.76 Å². The van der Waals surface area contributed by atoms with Crippen LogP contribution in [-0.4, -0.2) is 33.5 Å². The predicted molar refractivity (Wildman–Crippen MR) is 72.5 cm³/mol. The number of nitrogens with zero attached hydrogens (tertiary/aromatic N) is 2. The summed E-state index contributed by atoms with van der Waals surface area (Å²) in [7, 11) is 0. The molecule has 2 amide bonds. The number of hydrogen-bond donors (Lipinski definition) is 1. The second kappa shape index (κ2) is 5.26. The van der Waals surface area contributed by atoms with Gasteiger partial charge in [-0.25, -0.2) is 0 Å². The lowest BCUT2D eigenvalue weighted by atomic mass is 9.88. The number of carbonyl (C=O) groups excluding carboxylic acids is 2. The summed E-state index contributed by atoms with van der Waals surface area (Å²) in [6.07, 6.45) is 2.09. The van der Waals surface area contributed by atoms with E-state index in [1.807, 2.05) is 20.8 Å². The monoisotopic (exact) mass is 279 g/mol. The fourth-order valence-corrected chi connectivity index (χ4v) is 2.55. The molecule has 0 saturated carbocycles. The van der Waals surface area contributed by atoms with Gasteiger partial charge >= 0.3 is 0 Å². The zero-order valence-electron chi connectivity index (χ0n) is 12.3. The molecule has 0 radical (unpaired) electrons. The molecule has 0 aliphatic carbocycles. The van der Waals surface area contributed by atoms with Crippen molar-refractivity contribution in [1.29, 1.82) is 0 Å². The molecule has 2 unspecified atom stereocenters. The van der Waals surface area contributed by atoms with Gasteiger partial charge in [0.1, 0.15) is 11.6 Å². The van der Waals surface area contributed by atoms with Crippen molar-refractivity contribution in [3.63, 3.8) is 0 Å². The van der Waals surface area contributed by atoms with Crippen LogP contribution in [0.15, 0.2) is 16.8 Å². The quantitative estimate of drug-likeness (QED) is 0.902. The Kier molecular flexibility index (Phi) is 3.83. The van der Waals surface area contributed by atoms with Gasteiger partial charge in [-0.1, -0.05) is 25.9 Å². The lowest BCUT2D eigenvalue weighted by Gasteiger charge is -2.45. The van der Waals surface area contributed by atoms with Crippen LogP contribution in [0.5, 0.6) is 0 Å². The highest BCUT2D eigenvalue weighted by Gasteiger charge is 2.48. The van der Waals surface area contributed by atoms with Crippen LogP contribution in [0.25, 0.3) is 0 Å². The van der Waals surface area contributed by atoms with Crippen LogP contribution in [0.4, 0.5) is 0 Å². The van der Waals surface area contributed by atoms with Crippen molar-refractivity contribution in [3.8, 4) is 0 Å². The molecule has 1 aromatic heterocycles. The number of rotatable bonds is 4. The Morgan fingerprint density at radius 1 is 1.50 bits per heavy atom. The van der Waals surface area contributed by atoms with Gasteiger partial charge in [0.05, 0.1) is 12.7 Å². The van der Waals surface area contributed by atoms with E-state index in [-0.39, 0.29) is 24.3 Å². The van der Waals surface area contributed by atoms with E-state index in [9.17, 15) is 9.59 Å². The number of piperazine rings is 1. The molecule has 0 aromatic carbocycles. The molecule has 0 bridgehead atoms. The lowest BCUT2D eigenvalue weighted by molar-refractivity contribution is -0.157. The second-order valence-corrected chi connectivity index (χ2v) is 5.78. The normalized spacial score (nSPS) is 27.1. The topological polar surface area (TPSA) is 75.4 Å². The van der Waals surface area contributed by atoms with E-state index in [1.54, 1.807) is 17.9 Å². The molecule has 1 aliphatic rings. The first-order valence-electron chi connectivity index (χ1n) is 6.91. The minimum atomic E-state index is -0.845. The van der Waals surface area contributed by atoms with Crippen molar-refractivity contribution in [3.05, 3.63) is 18.0 Å².